The number of nitrogens with zero attached hydrogens (tertiary/aromatic N) is 3. The summed E-state index contributed by atoms with van der Waals surface area (Å²) >= 11 is 0. The number of pyridine rings is 1. The van der Waals surface area contributed by atoms with Crippen LogP contribution in [-0.4, -0.2) is 26.4 Å². The number of benzene rings is 6. The van der Waals surface area contributed by atoms with Gasteiger partial charge in [-0.15, -0.1) is 0 Å². The highest BCUT2D eigenvalue weighted by molar-refractivity contribution is 6.54. The van der Waals surface area contributed by atoms with Gasteiger partial charge in [-0.2, -0.15) is 0 Å². The number of aromatic nitrogens is 3. The predicted octanol–water partition coefficient (Wildman–Crippen LogP) is 11.4. The summed E-state index contributed by atoms with van der Waals surface area (Å²) in [6.07, 6.45) is 3.60. The summed E-state index contributed by atoms with van der Waals surface area (Å²) in [5, 5.41) is 18.0. The molecule has 0 bridgehead atoms. The number of allylic oxidation sites excluding steroid dienone is 1. The van der Waals surface area contributed by atoms with E-state index in [9.17, 15) is 0 Å². The first kappa shape index (κ1) is 30.9. The van der Waals surface area contributed by atoms with Crippen LogP contribution in [0.25, 0.3) is 84.4 Å². The third kappa shape index (κ3) is 5.70. The maximum Gasteiger partial charge on any atom is 0.160 e. The van der Waals surface area contributed by atoms with E-state index < -0.39 is 0 Å². The molecule has 52 heavy (non-hydrogen) atoms. The molecule has 0 aliphatic heterocycles. The first-order valence-electron chi connectivity index (χ1n) is 17.2. The average molecular weight is 666 g/mol. The Kier molecular flexibility index (Phi) is 7.71. The zero-order valence-electron chi connectivity index (χ0n) is 28.1. The van der Waals surface area contributed by atoms with Gasteiger partial charge in [-0.05, 0) is 46.5 Å². The van der Waals surface area contributed by atoms with E-state index in [0.717, 1.165) is 78.1 Å². The molecule has 8 aromatic rings. The van der Waals surface area contributed by atoms with Gasteiger partial charge in [0.15, 0.2) is 5.82 Å². The Labute approximate surface area is 301 Å². The number of hydrogen-bond donors (Lipinski definition) is 2. The fourth-order valence-electron chi connectivity index (χ4n) is 6.85. The Hall–Kier alpha value is -7.11. The molecule has 2 N–H and O–H groups in total. The Morgan fingerprint density at radius 2 is 0.865 bits per heavy atom. The van der Waals surface area contributed by atoms with Crippen LogP contribution in [0.15, 0.2) is 170 Å². The van der Waals surface area contributed by atoms with E-state index in [1.165, 1.54) is 5.56 Å². The van der Waals surface area contributed by atoms with E-state index in [4.69, 9.17) is 25.8 Å². The summed E-state index contributed by atoms with van der Waals surface area (Å²) < 4.78 is 0. The van der Waals surface area contributed by atoms with Gasteiger partial charge in [0, 0.05) is 38.8 Å². The second kappa shape index (κ2) is 13.0. The van der Waals surface area contributed by atoms with Crippen molar-refractivity contribution in [3.05, 3.63) is 181 Å². The number of hydrogen-bond acceptors (Lipinski definition) is 5. The van der Waals surface area contributed by atoms with Crippen LogP contribution in [0.2, 0.25) is 0 Å². The maximum atomic E-state index is 8.81. The molecule has 0 spiro atoms. The molecule has 1 aliphatic rings. The molecule has 5 heteroatoms. The van der Waals surface area contributed by atoms with E-state index in [-0.39, 0.29) is 11.4 Å². The van der Waals surface area contributed by atoms with E-state index in [0.29, 0.717) is 5.82 Å². The fourth-order valence-corrected chi connectivity index (χ4v) is 6.85. The van der Waals surface area contributed by atoms with Gasteiger partial charge in [0.2, 0.25) is 0 Å². The zero-order valence-corrected chi connectivity index (χ0v) is 28.1. The summed E-state index contributed by atoms with van der Waals surface area (Å²) in [6.45, 7) is 0. The van der Waals surface area contributed by atoms with E-state index >= 15 is 0 Å². The summed E-state index contributed by atoms with van der Waals surface area (Å²) in [5.41, 5.74) is 13.7. The second-order valence-electron chi connectivity index (χ2n) is 12.8. The molecule has 0 saturated heterocycles. The first-order chi connectivity index (χ1) is 25.6. The Morgan fingerprint density at radius 3 is 1.50 bits per heavy atom. The monoisotopic (exact) mass is 665 g/mol. The lowest BCUT2D eigenvalue weighted by molar-refractivity contribution is 1.18. The molecule has 0 atom stereocenters. The van der Waals surface area contributed by atoms with Crippen molar-refractivity contribution in [1.29, 1.82) is 10.8 Å². The smallest absolute Gasteiger partial charge is 0.160 e. The summed E-state index contributed by atoms with van der Waals surface area (Å²) in [5.74, 6) is 0.673. The molecule has 0 amide bonds. The quantitative estimate of drug-likeness (QED) is 0.185. The maximum absolute atomic E-state index is 8.81. The van der Waals surface area contributed by atoms with Crippen molar-refractivity contribution in [1.82, 2.24) is 15.0 Å². The Morgan fingerprint density at radius 1 is 0.385 bits per heavy atom. The van der Waals surface area contributed by atoms with Crippen LogP contribution in [0, 0.1) is 10.8 Å². The second-order valence-corrected chi connectivity index (χ2v) is 12.8. The van der Waals surface area contributed by atoms with Crippen molar-refractivity contribution >= 4 is 28.4 Å². The number of nitrogens with one attached hydrogen (secondary N) is 2. The van der Waals surface area contributed by atoms with Crippen LogP contribution in [0.5, 0.6) is 0 Å². The van der Waals surface area contributed by atoms with Crippen molar-refractivity contribution in [2.75, 3.05) is 0 Å². The topological polar surface area (TPSA) is 86.4 Å². The van der Waals surface area contributed by atoms with E-state index in [1.54, 1.807) is 6.08 Å². The van der Waals surface area contributed by atoms with Crippen LogP contribution >= 0.6 is 0 Å². The van der Waals surface area contributed by atoms with Gasteiger partial charge >= 0.3 is 0 Å². The van der Waals surface area contributed by atoms with Crippen LogP contribution in [0.3, 0.4) is 0 Å². The summed E-state index contributed by atoms with van der Waals surface area (Å²) in [6, 6.07) is 55.8. The average Bonchev–Trinajstić information content (AvgIpc) is 3.22. The molecule has 244 valence electrons. The van der Waals surface area contributed by atoms with Gasteiger partial charge in [0.25, 0.3) is 0 Å². The van der Waals surface area contributed by atoms with Crippen molar-refractivity contribution in [3.63, 3.8) is 0 Å². The van der Waals surface area contributed by atoms with E-state index in [1.807, 2.05) is 66.7 Å². The van der Waals surface area contributed by atoms with Gasteiger partial charge in [0.1, 0.15) is 0 Å². The molecule has 2 heterocycles. The van der Waals surface area contributed by atoms with Crippen LogP contribution in [-0.2, 0) is 0 Å². The lowest BCUT2D eigenvalue weighted by Gasteiger charge is -2.19. The lowest BCUT2D eigenvalue weighted by Crippen LogP contribution is -2.17. The molecule has 0 unspecified atom stereocenters. The Balaban J connectivity index is 1.10. The lowest BCUT2D eigenvalue weighted by atomic mass is 9.87. The summed E-state index contributed by atoms with van der Waals surface area (Å²) in [4.78, 5) is 15.2. The molecule has 1 aliphatic carbocycles. The van der Waals surface area contributed by atoms with Crippen molar-refractivity contribution < 1.29 is 0 Å². The molecule has 0 saturated carbocycles. The van der Waals surface area contributed by atoms with Gasteiger partial charge in [-0.3, -0.25) is 10.8 Å². The highest BCUT2D eigenvalue weighted by atomic mass is 14.9. The molecule has 0 radical (unpaired) electrons. The van der Waals surface area contributed by atoms with Crippen LogP contribution in [0.4, 0.5) is 0 Å². The van der Waals surface area contributed by atoms with Gasteiger partial charge in [0.05, 0.1) is 34.0 Å². The minimum atomic E-state index is 0.200. The molecule has 0 fully saturated rings. The van der Waals surface area contributed by atoms with Crippen molar-refractivity contribution in [2.45, 2.75) is 0 Å². The third-order valence-electron chi connectivity index (χ3n) is 9.57. The number of fused-ring (bicyclic) bond motifs is 3. The van der Waals surface area contributed by atoms with E-state index in [2.05, 4.69) is 103 Å². The highest BCUT2D eigenvalue weighted by Gasteiger charge is 2.23. The normalized spacial score (nSPS) is 12.2. The third-order valence-corrected chi connectivity index (χ3v) is 9.57. The van der Waals surface area contributed by atoms with Gasteiger partial charge in [-0.1, -0.05) is 152 Å². The van der Waals surface area contributed by atoms with Crippen LogP contribution < -0.4 is 0 Å². The molecule has 6 aromatic carbocycles. The number of rotatable bonds is 6. The molecular formula is C47H31N5. The molecule has 5 nitrogen and oxygen atoms in total. The first-order valence-corrected chi connectivity index (χ1v) is 17.2. The van der Waals surface area contributed by atoms with Crippen molar-refractivity contribution in [2.24, 2.45) is 0 Å². The standard InChI is InChI=1S/C47H31N5/c48-40-27-26-39-44(45(40)49)38-25-24-37(28-43(38)50-46(39)35-14-8-3-9-15-35)32-16-20-34(21-17-32)42-29-41(33-12-6-2-7-13-33)51-47(52-42)36-22-18-31(19-23-36)30-10-4-1-5-11-30/h1-29,48-49H. The highest BCUT2D eigenvalue weighted by Crippen LogP contribution is 2.36. The largest absolute Gasteiger partial charge is 0.299 e. The fraction of sp³-hybridized carbons (Fsp3) is 0. The minimum Gasteiger partial charge on any atom is -0.299 e. The Bertz CT molecular complexity index is 2660. The van der Waals surface area contributed by atoms with Crippen LogP contribution in [0.1, 0.15) is 11.1 Å². The predicted molar refractivity (Wildman–Crippen MR) is 214 cm³/mol. The molecular weight excluding hydrogens is 635 g/mol. The zero-order chi connectivity index (χ0) is 35.0. The molecule has 9 rings (SSSR count). The minimum absolute atomic E-state index is 0.200. The molecule has 2 aromatic heterocycles. The van der Waals surface area contributed by atoms with Crippen molar-refractivity contribution in [3.8, 4) is 67.4 Å². The summed E-state index contributed by atoms with van der Waals surface area (Å²) in [7, 11) is 0. The van der Waals surface area contributed by atoms with Gasteiger partial charge in [-0.25, -0.2) is 15.0 Å². The van der Waals surface area contributed by atoms with Gasteiger partial charge < -0.3 is 0 Å². The SMILES string of the molecule is N=C1C=Cc2c(-c3ccccc3)nc3cc(-c4ccc(-c5cc(-c6ccccc6)nc(-c6ccc(-c7ccccc7)cc6)n5)cc4)ccc3c2C1=N.